The Balaban J connectivity index is 1.59. The third-order valence-corrected chi connectivity index (χ3v) is 5.64. The van der Waals surface area contributed by atoms with Gasteiger partial charge in [-0.1, -0.05) is 6.07 Å². The van der Waals surface area contributed by atoms with Gasteiger partial charge in [0, 0.05) is 24.2 Å². The summed E-state index contributed by atoms with van der Waals surface area (Å²) >= 11 is 1.41. The van der Waals surface area contributed by atoms with Crippen molar-refractivity contribution in [3.05, 3.63) is 40.4 Å². The molecule has 0 unspecified atom stereocenters. The third-order valence-electron chi connectivity index (χ3n) is 4.88. The number of benzene rings is 1. The first-order valence-electron chi connectivity index (χ1n) is 9.23. The molecule has 1 aromatic carbocycles. The van der Waals surface area contributed by atoms with E-state index in [1.54, 1.807) is 10.3 Å². The fourth-order valence-corrected chi connectivity index (χ4v) is 3.82. The van der Waals surface area contributed by atoms with E-state index < -0.39 is 0 Å². The summed E-state index contributed by atoms with van der Waals surface area (Å²) in [6, 6.07) is 6.13. The maximum absolute atomic E-state index is 12.7. The van der Waals surface area contributed by atoms with E-state index in [4.69, 9.17) is 4.74 Å². The number of rotatable bonds is 5. The number of piperidine rings is 1. The molecule has 0 aliphatic carbocycles. The lowest BCUT2D eigenvalue weighted by molar-refractivity contribution is -0.149. The number of ether oxygens (including phenoxy) is 1. The van der Waals surface area contributed by atoms with Gasteiger partial charge < -0.3 is 15.0 Å². The van der Waals surface area contributed by atoms with Crippen molar-refractivity contribution in [1.29, 1.82) is 0 Å². The summed E-state index contributed by atoms with van der Waals surface area (Å²) in [6.07, 6.45) is 1.28. The van der Waals surface area contributed by atoms with Crippen LogP contribution in [-0.2, 0) is 9.53 Å². The van der Waals surface area contributed by atoms with Gasteiger partial charge in [0.15, 0.2) is 5.13 Å². The zero-order chi connectivity index (χ0) is 19.4. The Kier molecular flexibility index (Phi) is 6.11. The van der Waals surface area contributed by atoms with E-state index in [-0.39, 0.29) is 17.8 Å². The minimum Gasteiger partial charge on any atom is -0.466 e. The second kappa shape index (κ2) is 8.52. The SMILES string of the molecule is CCOC(=O)C1CCN(C(=O)c2csc(Nc3ccc(C)c(C)c3)n2)CC1. The highest BCUT2D eigenvalue weighted by Gasteiger charge is 2.29. The second-order valence-corrected chi connectivity index (χ2v) is 7.64. The Labute approximate surface area is 163 Å². The number of anilines is 2. The molecule has 27 heavy (non-hydrogen) atoms. The molecule has 1 saturated heterocycles. The number of aryl methyl sites for hydroxylation is 2. The molecule has 1 aliphatic heterocycles. The number of hydrogen-bond acceptors (Lipinski definition) is 6. The molecule has 0 atom stereocenters. The van der Waals surface area contributed by atoms with Crippen molar-refractivity contribution in [3.8, 4) is 0 Å². The predicted molar refractivity (Wildman–Crippen MR) is 107 cm³/mol. The van der Waals surface area contributed by atoms with E-state index in [1.807, 2.05) is 13.0 Å². The lowest BCUT2D eigenvalue weighted by Gasteiger charge is -2.30. The molecule has 0 radical (unpaired) electrons. The monoisotopic (exact) mass is 387 g/mol. The average molecular weight is 388 g/mol. The zero-order valence-corrected chi connectivity index (χ0v) is 16.8. The summed E-state index contributed by atoms with van der Waals surface area (Å²) in [5.41, 5.74) is 3.85. The van der Waals surface area contributed by atoms with Gasteiger partial charge in [-0.2, -0.15) is 0 Å². The molecule has 7 heteroatoms. The predicted octanol–water partition coefficient (Wildman–Crippen LogP) is 3.92. The van der Waals surface area contributed by atoms with Crippen LogP contribution in [0, 0.1) is 19.8 Å². The van der Waals surface area contributed by atoms with Crippen LogP contribution in [0.1, 0.15) is 41.4 Å². The number of amides is 1. The number of aromatic nitrogens is 1. The number of nitrogens with zero attached hydrogens (tertiary/aromatic N) is 2. The Morgan fingerprint density at radius 1 is 1.26 bits per heavy atom. The van der Waals surface area contributed by atoms with E-state index in [9.17, 15) is 9.59 Å². The van der Waals surface area contributed by atoms with Crippen LogP contribution in [0.15, 0.2) is 23.6 Å². The van der Waals surface area contributed by atoms with Crippen LogP contribution in [0.25, 0.3) is 0 Å². The van der Waals surface area contributed by atoms with Crippen LogP contribution in [0.4, 0.5) is 10.8 Å². The van der Waals surface area contributed by atoms with Gasteiger partial charge in [0.25, 0.3) is 5.91 Å². The van der Waals surface area contributed by atoms with Crippen LogP contribution in [0.3, 0.4) is 0 Å². The number of hydrogen-bond donors (Lipinski definition) is 1. The summed E-state index contributed by atoms with van der Waals surface area (Å²) in [6.45, 7) is 7.45. The number of carbonyl (C=O) groups is 2. The largest absolute Gasteiger partial charge is 0.466 e. The lowest BCUT2D eigenvalue weighted by Crippen LogP contribution is -2.40. The van der Waals surface area contributed by atoms with Gasteiger partial charge in [0.1, 0.15) is 5.69 Å². The van der Waals surface area contributed by atoms with Crippen LogP contribution in [-0.4, -0.2) is 41.5 Å². The van der Waals surface area contributed by atoms with Gasteiger partial charge in [0.2, 0.25) is 0 Å². The smallest absolute Gasteiger partial charge is 0.309 e. The molecule has 6 nitrogen and oxygen atoms in total. The van der Waals surface area contributed by atoms with E-state index >= 15 is 0 Å². The van der Waals surface area contributed by atoms with Gasteiger partial charge in [0.05, 0.1) is 12.5 Å². The molecular formula is C20H25N3O3S. The molecule has 1 fully saturated rings. The lowest BCUT2D eigenvalue weighted by atomic mass is 9.97. The zero-order valence-electron chi connectivity index (χ0n) is 15.9. The van der Waals surface area contributed by atoms with Crippen molar-refractivity contribution in [2.75, 3.05) is 25.0 Å². The Hall–Kier alpha value is -2.41. The van der Waals surface area contributed by atoms with Gasteiger partial charge in [-0.3, -0.25) is 9.59 Å². The highest BCUT2D eigenvalue weighted by molar-refractivity contribution is 7.14. The Bertz CT molecular complexity index is 826. The normalized spacial score (nSPS) is 14.9. The second-order valence-electron chi connectivity index (χ2n) is 6.78. The fraction of sp³-hybridized carbons (Fsp3) is 0.450. The highest BCUT2D eigenvalue weighted by Crippen LogP contribution is 2.25. The molecule has 2 aromatic rings. The number of esters is 1. The van der Waals surface area contributed by atoms with E-state index in [1.165, 1.54) is 22.5 Å². The summed E-state index contributed by atoms with van der Waals surface area (Å²) in [5, 5.41) is 5.74. The van der Waals surface area contributed by atoms with Gasteiger partial charge in [-0.05, 0) is 56.9 Å². The first-order valence-corrected chi connectivity index (χ1v) is 10.1. The van der Waals surface area contributed by atoms with Gasteiger partial charge in [-0.25, -0.2) is 4.98 Å². The summed E-state index contributed by atoms with van der Waals surface area (Å²) in [4.78, 5) is 30.7. The van der Waals surface area contributed by atoms with Crippen LogP contribution < -0.4 is 5.32 Å². The first kappa shape index (κ1) is 19.4. The minimum absolute atomic E-state index is 0.0818. The van der Waals surface area contributed by atoms with Crippen molar-refractivity contribution < 1.29 is 14.3 Å². The molecule has 1 amide bonds. The van der Waals surface area contributed by atoms with Crippen molar-refractivity contribution in [3.63, 3.8) is 0 Å². The summed E-state index contributed by atoms with van der Waals surface area (Å²) < 4.78 is 5.08. The number of carbonyl (C=O) groups excluding carboxylic acids is 2. The molecule has 1 aromatic heterocycles. The van der Waals surface area contributed by atoms with Crippen LogP contribution in [0.5, 0.6) is 0 Å². The third kappa shape index (κ3) is 4.66. The highest BCUT2D eigenvalue weighted by atomic mass is 32.1. The number of nitrogens with one attached hydrogen (secondary N) is 1. The molecular weight excluding hydrogens is 362 g/mol. The molecule has 144 valence electrons. The van der Waals surface area contributed by atoms with E-state index in [0.717, 1.165) is 5.69 Å². The molecule has 0 saturated carbocycles. The first-order chi connectivity index (χ1) is 13.0. The van der Waals surface area contributed by atoms with Crippen molar-refractivity contribution in [2.24, 2.45) is 5.92 Å². The number of likely N-dealkylation sites (tertiary alicyclic amines) is 1. The Morgan fingerprint density at radius 3 is 2.67 bits per heavy atom. The van der Waals surface area contributed by atoms with E-state index in [0.29, 0.717) is 43.4 Å². The fourth-order valence-electron chi connectivity index (χ4n) is 3.11. The van der Waals surface area contributed by atoms with Crippen molar-refractivity contribution in [1.82, 2.24) is 9.88 Å². The number of thiazole rings is 1. The van der Waals surface area contributed by atoms with Crippen LogP contribution in [0.2, 0.25) is 0 Å². The molecule has 2 heterocycles. The van der Waals surface area contributed by atoms with Crippen LogP contribution >= 0.6 is 11.3 Å². The average Bonchev–Trinajstić information content (AvgIpc) is 3.13. The molecule has 0 spiro atoms. The van der Waals surface area contributed by atoms with Crippen molar-refractivity contribution >= 4 is 34.0 Å². The van der Waals surface area contributed by atoms with Crippen molar-refractivity contribution in [2.45, 2.75) is 33.6 Å². The maximum Gasteiger partial charge on any atom is 0.309 e. The topological polar surface area (TPSA) is 71.5 Å². The molecule has 1 aliphatic rings. The quantitative estimate of drug-likeness (QED) is 0.788. The Morgan fingerprint density at radius 2 is 2.00 bits per heavy atom. The van der Waals surface area contributed by atoms with E-state index in [2.05, 4.69) is 36.3 Å². The summed E-state index contributed by atoms with van der Waals surface area (Å²) in [5.74, 6) is -0.341. The van der Waals surface area contributed by atoms with Gasteiger partial charge >= 0.3 is 5.97 Å². The van der Waals surface area contributed by atoms with Gasteiger partial charge in [-0.15, -0.1) is 11.3 Å². The summed E-state index contributed by atoms with van der Waals surface area (Å²) in [7, 11) is 0. The standard InChI is InChI=1S/C20H25N3O3S/c1-4-26-19(25)15-7-9-23(10-8-15)18(24)17-12-27-20(22-17)21-16-6-5-13(2)14(3)11-16/h5-6,11-12,15H,4,7-10H2,1-3H3,(H,21,22). The maximum atomic E-state index is 12.7. The molecule has 0 bridgehead atoms. The molecule has 1 N–H and O–H groups in total. The minimum atomic E-state index is -0.155. The molecule has 3 rings (SSSR count).